The number of hydrogen-bond acceptors (Lipinski definition) is 2. The third-order valence-corrected chi connectivity index (χ3v) is 2.40. The summed E-state index contributed by atoms with van der Waals surface area (Å²) in [6.07, 6.45) is 3.58. The molecule has 1 aliphatic rings. The van der Waals surface area contributed by atoms with Crippen molar-refractivity contribution in [3.8, 4) is 0 Å². The SMILES string of the molecule is Cn1c(CN)nc2c1CCC2. The third-order valence-electron chi connectivity index (χ3n) is 2.40. The van der Waals surface area contributed by atoms with Crippen LogP contribution >= 0.6 is 0 Å². The number of rotatable bonds is 1. The second-order valence-electron chi connectivity index (χ2n) is 3.04. The Morgan fingerprint density at radius 2 is 2.36 bits per heavy atom. The van der Waals surface area contributed by atoms with Crippen molar-refractivity contribution in [1.82, 2.24) is 9.55 Å². The normalized spacial score (nSPS) is 15.5. The summed E-state index contributed by atoms with van der Waals surface area (Å²) in [6.45, 7) is 0.559. The predicted octanol–water partition coefficient (Wildman–Crippen LogP) is 0.367. The molecule has 0 aromatic carbocycles. The molecule has 0 saturated heterocycles. The van der Waals surface area contributed by atoms with E-state index in [0.29, 0.717) is 6.54 Å². The second-order valence-corrected chi connectivity index (χ2v) is 3.04. The van der Waals surface area contributed by atoms with Crippen LogP contribution in [0.3, 0.4) is 0 Å². The van der Waals surface area contributed by atoms with Crippen LogP contribution in [0.2, 0.25) is 0 Å². The Balaban J connectivity index is 2.49. The van der Waals surface area contributed by atoms with Gasteiger partial charge in [0.2, 0.25) is 0 Å². The molecular weight excluding hydrogens is 138 g/mol. The molecule has 1 aromatic heterocycles. The van der Waals surface area contributed by atoms with Gasteiger partial charge in [-0.15, -0.1) is 0 Å². The Hall–Kier alpha value is -0.830. The van der Waals surface area contributed by atoms with E-state index < -0.39 is 0 Å². The first-order valence-electron chi connectivity index (χ1n) is 4.06. The summed E-state index contributed by atoms with van der Waals surface area (Å²) in [5.74, 6) is 1.02. The Morgan fingerprint density at radius 3 is 3.00 bits per heavy atom. The summed E-state index contributed by atoms with van der Waals surface area (Å²) in [4.78, 5) is 4.45. The largest absolute Gasteiger partial charge is 0.334 e. The lowest BCUT2D eigenvalue weighted by Crippen LogP contribution is -2.06. The van der Waals surface area contributed by atoms with Gasteiger partial charge in [0.1, 0.15) is 5.82 Å². The maximum atomic E-state index is 5.53. The zero-order valence-corrected chi connectivity index (χ0v) is 6.80. The maximum absolute atomic E-state index is 5.53. The highest BCUT2D eigenvalue weighted by Crippen LogP contribution is 2.21. The van der Waals surface area contributed by atoms with E-state index in [4.69, 9.17) is 5.73 Å². The Morgan fingerprint density at radius 1 is 1.55 bits per heavy atom. The summed E-state index contributed by atoms with van der Waals surface area (Å²) in [5.41, 5.74) is 8.19. The molecular formula is C8H13N3. The number of hydrogen-bond donors (Lipinski definition) is 1. The van der Waals surface area contributed by atoms with Crippen molar-refractivity contribution in [2.45, 2.75) is 25.8 Å². The number of nitrogens with two attached hydrogens (primary N) is 1. The molecule has 0 atom stereocenters. The molecule has 11 heavy (non-hydrogen) atoms. The summed E-state index contributed by atoms with van der Waals surface area (Å²) in [6, 6.07) is 0. The molecule has 1 aliphatic carbocycles. The molecule has 60 valence electrons. The zero-order valence-electron chi connectivity index (χ0n) is 6.80. The minimum absolute atomic E-state index is 0.559. The first-order valence-corrected chi connectivity index (χ1v) is 4.06. The van der Waals surface area contributed by atoms with Crippen molar-refractivity contribution < 1.29 is 0 Å². The molecule has 0 radical (unpaired) electrons. The fraction of sp³-hybridized carbons (Fsp3) is 0.625. The number of aromatic nitrogens is 2. The van der Waals surface area contributed by atoms with E-state index in [2.05, 4.69) is 16.6 Å². The van der Waals surface area contributed by atoms with Gasteiger partial charge in [-0.25, -0.2) is 4.98 Å². The van der Waals surface area contributed by atoms with Crippen LogP contribution in [-0.2, 0) is 26.4 Å². The van der Waals surface area contributed by atoms with Gasteiger partial charge in [-0.05, 0) is 19.3 Å². The van der Waals surface area contributed by atoms with Gasteiger partial charge in [-0.2, -0.15) is 0 Å². The van der Waals surface area contributed by atoms with Crippen LogP contribution in [-0.4, -0.2) is 9.55 Å². The first kappa shape index (κ1) is 6.85. The van der Waals surface area contributed by atoms with E-state index in [9.17, 15) is 0 Å². The summed E-state index contributed by atoms with van der Waals surface area (Å²) < 4.78 is 2.14. The lowest BCUT2D eigenvalue weighted by atomic mass is 10.3. The summed E-state index contributed by atoms with van der Waals surface area (Å²) >= 11 is 0. The van der Waals surface area contributed by atoms with Gasteiger partial charge in [0, 0.05) is 12.7 Å². The maximum Gasteiger partial charge on any atom is 0.122 e. The molecule has 0 amide bonds. The van der Waals surface area contributed by atoms with E-state index in [1.165, 1.54) is 24.2 Å². The fourth-order valence-corrected chi connectivity index (χ4v) is 1.76. The lowest BCUT2D eigenvalue weighted by Gasteiger charge is -2.00. The number of imidazole rings is 1. The molecule has 0 fully saturated rings. The van der Waals surface area contributed by atoms with Crippen LogP contribution in [0, 0.1) is 0 Å². The van der Waals surface area contributed by atoms with Crippen LogP contribution in [0.1, 0.15) is 23.6 Å². The van der Waals surface area contributed by atoms with Gasteiger partial charge in [0.05, 0.1) is 12.2 Å². The Kier molecular flexibility index (Phi) is 1.46. The van der Waals surface area contributed by atoms with Crippen molar-refractivity contribution >= 4 is 0 Å². The molecule has 0 bridgehead atoms. The second kappa shape index (κ2) is 2.34. The fourth-order valence-electron chi connectivity index (χ4n) is 1.76. The molecule has 0 spiro atoms. The van der Waals surface area contributed by atoms with E-state index in [1.54, 1.807) is 0 Å². The van der Waals surface area contributed by atoms with Gasteiger partial charge in [-0.3, -0.25) is 0 Å². The molecule has 1 heterocycles. The zero-order chi connectivity index (χ0) is 7.84. The number of fused-ring (bicyclic) bond motifs is 1. The van der Waals surface area contributed by atoms with Gasteiger partial charge in [0.15, 0.2) is 0 Å². The standard InChI is InChI=1S/C8H13N3/c1-11-7-4-2-3-6(7)10-8(11)5-9/h2-5,9H2,1H3. The molecule has 1 aromatic rings. The average molecular weight is 151 g/mol. The minimum Gasteiger partial charge on any atom is -0.334 e. The molecule has 3 heteroatoms. The summed E-state index contributed by atoms with van der Waals surface area (Å²) in [7, 11) is 2.05. The highest BCUT2D eigenvalue weighted by Gasteiger charge is 2.17. The monoisotopic (exact) mass is 151 g/mol. The Bertz CT molecular complexity index is 274. The molecule has 0 unspecified atom stereocenters. The van der Waals surface area contributed by atoms with Crippen molar-refractivity contribution in [2.75, 3.05) is 0 Å². The van der Waals surface area contributed by atoms with Crippen LogP contribution in [0.4, 0.5) is 0 Å². The molecule has 3 nitrogen and oxygen atoms in total. The topological polar surface area (TPSA) is 43.8 Å². The van der Waals surface area contributed by atoms with Crippen molar-refractivity contribution in [1.29, 1.82) is 0 Å². The minimum atomic E-state index is 0.559. The highest BCUT2D eigenvalue weighted by molar-refractivity contribution is 5.21. The van der Waals surface area contributed by atoms with Crippen LogP contribution in [0.15, 0.2) is 0 Å². The van der Waals surface area contributed by atoms with E-state index in [0.717, 1.165) is 12.2 Å². The number of aryl methyl sites for hydroxylation is 1. The average Bonchev–Trinajstić information content (AvgIpc) is 2.53. The van der Waals surface area contributed by atoms with Crippen LogP contribution in [0.25, 0.3) is 0 Å². The van der Waals surface area contributed by atoms with E-state index in [1.807, 2.05) is 0 Å². The molecule has 2 rings (SSSR count). The van der Waals surface area contributed by atoms with Gasteiger partial charge < -0.3 is 10.3 Å². The van der Waals surface area contributed by atoms with Gasteiger partial charge >= 0.3 is 0 Å². The molecule has 0 aliphatic heterocycles. The lowest BCUT2D eigenvalue weighted by molar-refractivity contribution is 0.732. The van der Waals surface area contributed by atoms with Crippen LogP contribution in [0.5, 0.6) is 0 Å². The predicted molar refractivity (Wildman–Crippen MR) is 43.1 cm³/mol. The van der Waals surface area contributed by atoms with Crippen molar-refractivity contribution in [3.63, 3.8) is 0 Å². The van der Waals surface area contributed by atoms with Crippen LogP contribution < -0.4 is 5.73 Å². The van der Waals surface area contributed by atoms with Gasteiger partial charge in [-0.1, -0.05) is 0 Å². The first-order chi connectivity index (χ1) is 5.33. The quantitative estimate of drug-likeness (QED) is 0.630. The number of nitrogens with zero attached hydrogens (tertiary/aromatic N) is 2. The smallest absolute Gasteiger partial charge is 0.122 e. The van der Waals surface area contributed by atoms with Crippen molar-refractivity contribution in [3.05, 3.63) is 17.2 Å². The third kappa shape index (κ3) is 0.878. The molecule has 0 saturated carbocycles. The summed E-state index contributed by atoms with van der Waals surface area (Å²) in [5, 5.41) is 0. The van der Waals surface area contributed by atoms with E-state index >= 15 is 0 Å². The van der Waals surface area contributed by atoms with E-state index in [-0.39, 0.29) is 0 Å². The highest BCUT2D eigenvalue weighted by atomic mass is 15.1. The van der Waals surface area contributed by atoms with Gasteiger partial charge in [0.25, 0.3) is 0 Å². The molecule has 2 N–H and O–H groups in total. The Labute approximate surface area is 66.2 Å². The van der Waals surface area contributed by atoms with Crippen molar-refractivity contribution in [2.24, 2.45) is 12.8 Å².